The van der Waals surface area contributed by atoms with Crippen LogP contribution in [0.25, 0.3) is 0 Å². The number of carbonyl (C=O) groups excluding carboxylic acids is 2. The molecule has 5 nitrogen and oxygen atoms in total. The van der Waals surface area contributed by atoms with Gasteiger partial charge in [-0.25, -0.2) is 0 Å². The smallest absolute Gasteiger partial charge is 0.306 e. The minimum atomic E-state index is -0.555. The van der Waals surface area contributed by atoms with Gasteiger partial charge in [-0.05, 0) is 89.9 Å². The van der Waals surface area contributed by atoms with E-state index in [9.17, 15) is 9.59 Å². The summed E-state index contributed by atoms with van der Waals surface area (Å²) in [5.41, 5.74) is 0. The predicted octanol–water partition coefficient (Wildman–Crippen LogP) is 14.6. The first-order valence-electron chi connectivity index (χ1n) is 22.1. The zero-order chi connectivity index (χ0) is 39.3. The molecule has 5 heteroatoms. The Bertz CT molecular complexity index is 1030. The Hall–Kier alpha value is -2.92. The van der Waals surface area contributed by atoms with Gasteiger partial charge in [0, 0.05) is 19.4 Å². The Kier molecular flexibility index (Phi) is 42.1. The van der Waals surface area contributed by atoms with Crippen LogP contribution in [0.15, 0.2) is 85.1 Å². The first-order chi connectivity index (χ1) is 26.6. The summed E-state index contributed by atoms with van der Waals surface area (Å²) in [6.45, 7) is 7.50. The Labute approximate surface area is 333 Å². The second kappa shape index (κ2) is 44.5. The molecule has 0 bridgehead atoms. The van der Waals surface area contributed by atoms with Crippen molar-refractivity contribution in [3.63, 3.8) is 0 Å². The van der Waals surface area contributed by atoms with E-state index in [-0.39, 0.29) is 25.2 Å². The molecular formula is C49H82O5. The number of ether oxygens (including phenoxy) is 3. The Morgan fingerprint density at radius 3 is 1.35 bits per heavy atom. The maximum absolute atomic E-state index is 12.6. The lowest BCUT2D eigenvalue weighted by molar-refractivity contribution is -0.163. The van der Waals surface area contributed by atoms with E-state index in [2.05, 4.69) is 106 Å². The lowest BCUT2D eigenvalue weighted by atomic mass is 10.1. The average molecular weight is 751 g/mol. The zero-order valence-corrected chi connectivity index (χ0v) is 35.2. The fraction of sp³-hybridized carbons (Fsp3) is 0.673. The van der Waals surface area contributed by atoms with E-state index in [1.807, 2.05) is 0 Å². The van der Waals surface area contributed by atoms with Crippen molar-refractivity contribution in [3.05, 3.63) is 85.1 Å². The van der Waals surface area contributed by atoms with E-state index >= 15 is 0 Å². The third-order valence-corrected chi connectivity index (χ3v) is 8.93. The normalized spacial score (nSPS) is 13.0. The lowest BCUT2D eigenvalue weighted by Gasteiger charge is -2.18. The van der Waals surface area contributed by atoms with Crippen molar-refractivity contribution in [2.45, 2.75) is 194 Å². The molecule has 0 aromatic carbocycles. The Morgan fingerprint density at radius 1 is 0.426 bits per heavy atom. The highest BCUT2D eigenvalue weighted by Gasteiger charge is 2.17. The number of unbranched alkanes of at least 4 members (excludes halogenated alkanes) is 14. The van der Waals surface area contributed by atoms with Crippen molar-refractivity contribution in [1.29, 1.82) is 0 Å². The predicted molar refractivity (Wildman–Crippen MR) is 233 cm³/mol. The van der Waals surface area contributed by atoms with Gasteiger partial charge < -0.3 is 14.2 Å². The first kappa shape index (κ1) is 51.1. The first-order valence-corrected chi connectivity index (χ1v) is 22.1. The molecule has 0 saturated carbocycles. The van der Waals surface area contributed by atoms with Crippen LogP contribution in [0.3, 0.4) is 0 Å². The largest absolute Gasteiger partial charge is 0.462 e. The molecule has 0 saturated heterocycles. The molecule has 0 radical (unpaired) electrons. The van der Waals surface area contributed by atoms with Gasteiger partial charge in [0.25, 0.3) is 0 Å². The summed E-state index contributed by atoms with van der Waals surface area (Å²) in [5, 5.41) is 0. The molecule has 0 spiro atoms. The highest BCUT2D eigenvalue weighted by atomic mass is 16.6. The molecule has 1 atom stereocenters. The van der Waals surface area contributed by atoms with E-state index in [1.54, 1.807) is 0 Å². The molecule has 0 amide bonds. The average Bonchev–Trinajstić information content (AvgIpc) is 3.17. The number of esters is 2. The summed E-state index contributed by atoms with van der Waals surface area (Å²) in [6.07, 6.45) is 57.3. The van der Waals surface area contributed by atoms with Crippen LogP contribution in [0.1, 0.15) is 188 Å². The van der Waals surface area contributed by atoms with Crippen LogP contribution in [-0.2, 0) is 23.8 Å². The minimum Gasteiger partial charge on any atom is -0.462 e. The van der Waals surface area contributed by atoms with Crippen LogP contribution in [0.5, 0.6) is 0 Å². The molecule has 0 fully saturated rings. The van der Waals surface area contributed by atoms with Crippen molar-refractivity contribution >= 4 is 11.9 Å². The van der Waals surface area contributed by atoms with Crippen molar-refractivity contribution < 1.29 is 23.8 Å². The van der Waals surface area contributed by atoms with Crippen LogP contribution < -0.4 is 0 Å². The third-order valence-electron chi connectivity index (χ3n) is 8.93. The number of allylic oxidation sites excluding steroid dienone is 14. The van der Waals surface area contributed by atoms with E-state index in [4.69, 9.17) is 14.2 Å². The molecule has 1 unspecified atom stereocenters. The summed E-state index contributed by atoms with van der Waals surface area (Å²) in [6, 6.07) is 0. The highest BCUT2D eigenvalue weighted by Crippen LogP contribution is 2.12. The van der Waals surface area contributed by atoms with Crippen molar-refractivity contribution in [3.8, 4) is 0 Å². The monoisotopic (exact) mass is 751 g/mol. The lowest BCUT2D eigenvalue weighted by Crippen LogP contribution is -2.30. The summed E-state index contributed by atoms with van der Waals surface area (Å²) in [5.74, 6) is -0.456. The maximum Gasteiger partial charge on any atom is 0.306 e. The summed E-state index contributed by atoms with van der Waals surface area (Å²) >= 11 is 0. The van der Waals surface area contributed by atoms with E-state index < -0.39 is 6.10 Å². The van der Waals surface area contributed by atoms with Crippen LogP contribution >= 0.6 is 0 Å². The Morgan fingerprint density at radius 2 is 0.833 bits per heavy atom. The van der Waals surface area contributed by atoms with Gasteiger partial charge in [0.15, 0.2) is 6.10 Å². The molecule has 308 valence electrons. The quantitative estimate of drug-likeness (QED) is 0.0356. The molecule has 0 aromatic rings. The van der Waals surface area contributed by atoms with Crippen molar-refractivity contribution in [2.75, 3.05) is 19.8 Å². The van der Waals surface area contributed by atoms with Gasteiger partial charge in [-0.1, -0.05) is 170 Å². The van der Waals surface area contributed by atoms with Gasteiger partial charge in [0.2, 0.25) is 0 Å². The van der Waals surface area contributed by atoms with Crippen molar-refractivity contribution in [2.24, 2.45) is 0 Å². The van der Waals surface area contributed by atoms with Gasteiger partial charge in [-0.15, -0.1) is 0 Å². The van der Waals surface area contributed by atoms with Gasteiger partial charge >= 0.3 is 11.9 Å². The molecule has 0 aromatic heterocycles. The third kappa shape index (κ3) is 41.8. The number of hydrogen-bond acceptors (Lipinski definition) is 5. The molecule has 0 heterocycles. The minimum absolute atomic E-state index is 0.0620. The highest BCUT2D eigenvalue weighted by molar-refractivity contribution is 5.70. The van der Waals surface area contributed by atoms with Crippen LogP contribution in [-0.4, -0.2) is 37.9 Å². The van der Waals surface area contributed by atoms with E-state index in [0.29, 0.717) is 19.4 Å². The topological polar surface area (TPSA) is 61.8 Å². The second-order valence-electron chi connectivity index (χ2n) is 14.2. The van der Waals surface area contributed by atoms with E-state index in [1.165, 1.54) is 44.9 Å². The molecule has 0 aliphatic rings. The molecule has 0 aliphatic heterocycles. The van der Waals surface area contributed by atoms with Gasteiger partial charge in [0.1, 0.15) is 6.61 Å². The van der Waals surface area contributed by atoms with E-state index in [0.717, 1.165) is 109 Å². The van der Waals surface area contributed by atoms with Gasteiger partial charge in [-0.2, -0.15) is 0 Å². The number of carbonyl (C=O) groups is 2. The molecular weight excluding hydrogens is 669 g/mol. The summed E-state index contributed by atoms with van der Waals surface area (Å²) < 4.78 is 17.2. The molecule has 54 heavy (non-hydrogen) atoms. The Balaban J connectivity index is 4.19. The standard InChI is InChI=1S/C49H82O5/c1-4-7-10-13-16-18-20-22-23-24-25-26-27-29-30-32-34-36-39-42-48(50)53-46-47(45-52-44-41-38-15-12-9-6-3)54-49(51)43-40-37-35-33-31-28-21-19-17-14-11-8-5-2/h7-8,10-11,16-19,22-23,25-26,28,31,47H,4-6,9,12-15,20-21,24,27,29-30,32-46H2,1-3H3/b10-7-,11-8-,18-16-,19-17-,23-22-,26-25-,31-28-. The SMILES string of the molecule is CC/C=C\C/C=C\C/C=C\C/C=C\CCCCCCCCC(=O)OCC(COCCCCCCCC)OC(=O)CCCCC/C=C\C/C=C\C/C=C\CC. The molecule has 0 rings (SSSR count). The fourth-order valence-corrected chi connectivity index (χ4v) is 5.69. The van der Waals surface area contributed by atoms with Crippen LogP contribution in [0.4, 0.5) is 0 Å². The molecule has 0 aliphatic carbocycles. The van der Waals surface area contributed by atoms with Crippen LogP contribution in [0.2, 0.25) is 0 Å². The molecule has 0 N–H and O–H groups in total. The van der Waals surface area contributed by atoms with Crippen molar-refractivity contribution in [1.82, 2.24) is 0 Å². The number of hydrogen-bond donors (Lipinski definition) is 0. The second-order valence-corrected chi connectivity index (χ2v) is 14.2. The number of rotatable bonds is 39. The zero-order valence-electron chi connectivity index (χ0n) is 35.2. The summed E-state index contributed by atoms with van der Waals surface area (Å²) in [4.78, 5) is 25.1. The van der Waals surface area contributed by atoms with Gasteiger partial charge in [0.05, 0.1) is 6.61 Å². The van der Waals surface area contributed by atoms with Gasteiger partial charge in [-0.3, -0.25) is 9.59 Å². The van der Waals surface area contributed by atoms with Crippen LogP contribution in [0, 0.1) is 0 Å². The maximum atomic E-state index is 12.6. The summed E-state index contributed by atoms with van der Waals surface area (Å²) in [7, 11) is 0. The fourth-order valence-electron chi connectivity index (χ4n) is 5.69.